The first-order valence-electron chi connectivity index (χ1n) is 5.46. The van der Waals surface area contributed by atoms with Crippen LogP contribution in [0.25, 0.3) is 0 Å². The number of hydrogen-bond acceptors (Lipinski definition) is 2. The molecule has 86 valence electrons. The fourth-order valence-corrected chi connectivity index (χ4v) is 2.03. The van der Waals surface area contributed by atoms with Crippen LogP contribution in [0, 0.1) is 5.92 Å². The zero-order chi connectivity index (χ0) is 11.5. The molecule has 0 radical (unpaired) electrons. The average Bonchev–Trinajstić information content (AvgIpc) is 3.09. The fourth-order valence-electron chi connectivity index (χ4n) is 1.63. The van der Waals surface area contributed by atoms with Crippen LogP contribution in [-0.2, 0) is 0 Å². The predicted molar refractivity (Wildman–Crippen MR) is 67.2 cm³/mol. The molecule has 4 heteroatoms. The van der Waals surface area contributed by atoms with Crippen LogP contribution in [0.3, 0.4) is 0 Å². The monoisotopic (exact) mass is 282 g/mol. The third kappa shape index (κ3) is 3.06. The van der Waals surface area contributed by atoms with Crippen LogP contribution in [0.1, 0.15) is 23.2 Å². The summed E-state index contributed by atoms with van der Waals surface area (Å²) in [5.74, 6) is 0.556. The molecule has 0 saturated heterocycles. The molecule has 1 aliphatic rings. The van der Waals surface area contributed by atoms with Gasteiger partial charge in [-0.15, -0.1) is 0 Å². The molecule has 3 nitrogen and oxygen atoms in total. The first-order chi connectivity index (χ1) is 7.66. The molecule has 1 aromatic carbocycles. The van der Waals surface area contributed by atoms with E-state index in [1.54, 1.807) is 12.1 Å². The average molecular weight is 283 g/mol. The highest BCUT2D eigenvalue weighted by molar-refractivity contribution is 9.10. The van der Waals surface area contributed by atoms with E-state index >= 15 is 0 Å². The Balaban J connectivity index is 1.87. The van der Waals surface area contributed by atoms with Gasteiger partial charge in [-0.3, -0.25) is 4.79 Å². The molecule has 0 bridgehead atoms. The van der Waals surface area contributed by atoms with E-state index in [2.05, 4.69) is 21.2 Å². The second-order valence-corrected chi connectivity index (χ2v) is 5.14. The van der Waals surface area contributed by atoms with E-state index in [1.165, 1.54) is 12.8 Å². The first-order valence-corrected chi connectivity index (χ1v) is 6.25. The zero-order valence-corrected chi connectivity index (χ0v) is 10.5. The number of nitrogens with two attached hydrogens (primary N) is 1. The highest BCUT2D eigenvalue weighted by Gasteiger charge is 2.28. The lowest BCUT2D eigenvalue weighted by Gasteiger charge is -2.11. The molecule has 1 unspecified atom stereocenters. The number of hydrogen-bond donors (Lipinski definition) is 2. The molecule has 1 saturated carbocycles. The molecular formula is C12H15BrN2O. The van der Waals surface area contributed by atoms with Crippen LogP contribution >= 0.6 is 15.9 Å². The van der Waals surface area contributed by atoms with Crippen LogP contribution in [0.2, 0.25) is 0 Å². The molecule has 1 aromatic rings. The minimum absolute atomic E-state index is 0.0580. The Morgan fingerprint density at radius 2 is 2.31 bits per heavy atom. The topological polar surface area (TPSA) is 55.1 Å². The maximum absolute atomic E-state index is 11.8. The fraction of sp³-hybridized carbons (Fsp3) is 0.417. The van der Waals surface area contributed by atoms with E-state index < -0.39 is 0 Å². The van der Waals surface area contributed by atoms with Crippen LogP contribution in [0.5, 0.6) is 0 Å². The molecule has 1 aliphatic carbocycles. The Labute approximate surface area is 104 Å². The summed E-state index contributed by atoms with van der Waals surface area (Å²) in [7, 11) is 0. The van der Waals surface area contributed by atoms with Gasteiger partial charge in [0.15, 0.2) is 0 Å². The summed E-state index contributed by atoms with van der Waals surface area (Å²) < 4.78 is 0.909. The predicted octanol–water partition coefficient (Wildman–Crippen LogP) is 1.92. The Hall–Kier alpha value is -0.870. The van der Waals surface area contributed by atoms with Crippen molar-refractivity contribution in [1.82, 2.24) is 5.32 Å². The number of carbonyl (C=O) groups excluding carboxylic acids is 1. The largest absolute Gasteiger partial charge is 0.350 e. The van der Waals surface area contributed by atoms with Gasteiger partial charge >= 0.3 is 0 Å². The molecule has 1 fully saturated rings. The van der Waals surface area contributed by atoms with Crippen LogP contribution < -0.4 is 11.1 Å². The van der Waals surface area contributed by atoms with E-state index in [9.17, 15) is 4.79 Å². The SMILES string of the molecule is NC(CNC(=O)c1cccc(Br)c1)C1CC1. The van der Waals surface area contributed by atoms with Crippen molar-refractivity contribution in [2.45, 2.75) is 18.9 Å². The number of amides is 1. The second-order valence-electron chi connectivity index (χ2n) is 4.22. The lowest BCUT2D eigenvalue weighted by atomic mass is 10.2. The molecule has 0 aromatic heterocycles. The van der Waals surface area contributed by atoms with Gasteiger partial charge in [0.2, 0.25) is 0 Å². The lowest BCUT2D eigenvalue weighted by molar-refractivity contribution is 0.0950. The van der Waals surface area contributed by atoms with Crippen LogP contribution in [-0.4, -0.2) is 18.5 Å². The summed E-state index contributed by atoms with van der Waals surface area (Å²) in [6, 6.07) is 7.45. The Morgan fingerprint density at radius 1 is 1.56 bits per heavy atom. The van der Waals surface area contributed by atoms with Gasteiger partial charge in [0, 0.05) is 22.6 Å². The lowest BCUT2D eigenvalue weighted by Crippen LogP contribution is -2.38. The summed E-state index contributed by atoms with van der Waals surface area (Å²) >= 11 is 3.34. The summed E-state index contributed by atoms with van der Waals surface area (Å²) in [6.45, 7) is 0.565. The molecular weight excluding hydrogens is 268 g/mol. The summed E-state index contributed by atoms with van der Waals surface area (Å²) in [4.78, 5) is 11.8. The van der Waals surface area contributed by atoms with E-state index in [1.807, 2.05) is 12.1 Å². The van der Waals surface area contributed by atoms with Crippen molar-refractivity contribution in [1.29, 1.82) is 0 Å². The first kappa shape index (κ1) is 11.6. The molecule has 1 atom stereocenters. The number of halogens is 1. The van der Waals surface area contributed by atoms with Gasteiger partial charge in [-0.1, -0.05) is 22.0 Å². The van der Waals surface area contributed by atoms with Crippen molar-refractivity contribution in [3.63, 3.8) is 0 Å². The third-order valence-corrected chi connectivity index (χ3v) is 3.31. The maximum atomic E-state index is 11.8. The molecule has 2 rings (SSSR count). The second kappa shape index (κ2) is 4.97. The van der Waals surface area contributed by atoms with Gasteiger partial charge in [0.25, 0.3) is 5.91 Å². The van der Waals surface area contributed by atoms with Crippen molar-refractivity contribution >= 4 is 21.8 Å². The number of rotatable bonds is 4. The number of carbonyl (C=O) groups is 1. The van der Waals surface area contributed by atoms with Crippen molar-refractivity contribution in [3.05, 3.63) is 34.3 Å². The quantitative estimate of drug-likeness (QED) is 0.887. The minimum atomic E-state index is -0.0580. The van der Waals surface area contributed by atoms with Gasteiger partial charge < -0.3 is 11.1 Å². The molecule has 3 N–H and O–H groups in total. The number of nitrogens with one attached hydrogen (secondary N) is 1. The van der Waals surface area contributed by atoms with Gasteiger partial charge in [-0.05, 0) is 37.0 Å². The van der Waals surface area contributed by atoms with Gasteiger partial charge in [-0.25, -0.2) is 0 Å². The van der Waals surface area contributed by atoms with Gasteiger partial charge in [0.05, 0.1) is 0 Å². The molecule has 0 aliphatic heterocycles. The Kier molecular flexibility index (Phi) is 3.61. The normalized spacial score (nSPS) is 16.9. The molecule has 1 amide bonds. The van der Waals surface area contributed by atoms with E-state index in [0.717, 1.165) is 4.47 Å². The molecule has 0 heterocycles. The Morgan fingerprint density at radius 3 is 2.94 bits per heavy atom. The van der Waals surface area contributed by atoms with E-state index in [0.29, 0.717) is 18.0 Å². The Bertz CT molecular complexity index is 390. The summed E-state index contributed by atoms with van der Waals surface area (Å²) in [6.07, 6.45) is 2.40. The van der Waals surface area contributed by atoms with E-state index in [4.69, 9.17) is 5.73 Å². The summed E-state index contributed by atoms with van der Waals surface area (Å²) in [5, 5.41) is 2.86. The summed E-state index contributed by atoms with van der Waals surface area (Å²) in [5.41, 5.74) is 6.58. The smallest absolute Gasteiger partial charge is 0.251 e. The molecule has 0 spiro atoms. The van der Waals surface area contributed by atoms with Gasteiger partial charge in [-0.2, -0.15) is 0 Å². The van der Waals surface area contributed by atoms with Crippen LogP contribution in [0.4, 0.5) is 0 Å². The molecule has 16 heavy (non-hydrogen) atoms. The maximum Gasteiger partial charge on any atom is 0.251 e. The van der Waals surface area contributed by atoms with Crippen molar-refractivity contribution in [3.8, 4) is 0 Å². The van der Waals surface area contributed by atoms with Crippen LogP contribution in [0.15, 0.2) is 28.7 Å². The highest BCUT2D eigenvalue weighted by Crippen LogP contribution is 2.31. The van der Waals surface area contributed by atoms with Crippen molar-refractivity contribution in [2.24, 2.45) is 11.7 Å². The standard InChI is InChI=1S/C12H15BrN2O/c13-10-3-1-2-9(6-10)12(16)15-7-11(14)8-4-5-8/h1-3,6,8,11H,4-5,7,14H2,(H,15,16). The zero-order valence-electron chi connectivity index (χ0n) is 8.95. The third-order valence-electron chi connectivity index (χ3n) is 2.81. The van der Waals surface area contributed by atoms with Crippen molar-refractivity contribution in [2.75, 3.05) is 6.54 Å². The van der Waals surface area contributed by atoms with E-state index in [-0.39, 0.29) is 11.9 Å². The minimum Gasteiger partial charge on any atom is -0.350 e. The highest BCUT2D eigenvalue weighted by atomic mass is 79.9. The number of benzene rings is 1. The van der Waals surface area contributed by atoms with Crippen molar-refractivity contribution < 1.29 is 4.79 Å². The van der Waals surface area contributed by atoms with Gasteiger partial charge in [0.1, 0.15) is 0 Å².